The van der Waals surface area contributed by atoms with Gasteiger partial charge in [-0.25, -0.2) is 0 Å². The van der Waals surface area contributed by atoms with Gasteiger partial charge in [0.1, 0.15) is 11.5 Å². The first-order chi connectivity index (χ1) is 11.6. The second-order valence-electron chi connectivity index (χ2n) is 5.34. The van der Waals surface area contributed by atoms with Crippen molar-refractivity contribution in [2.45, 2.75) is 6.92 Å². The van der Waals surface area contributed by atoms with Crippen LogP contribution in [0.2, 0.25) is 0 Å². The third-order valence-corrected chi connectivity index (χ3v) is 3.61. The van der Waals surface area contributed by atoms with Crippen LogP contribution in [0, 0.1) is 6.92 Å². The molecule has 0 bridgehead atoms. The SMILES string of the molecule is COc1ccccc1-c1cc(NC(=O)c2cc(C)ccc2O)n[nH]1. The minimum Gasteiger partial charge on any atom is -0.507 e. The Labute approximate surface area is 139 Å². The van der Waals surface area contributed by atoms with Crippen molar-refractivity contribution in [3.63, 3.8) is 0 Å². The van der Waals surface area contributed by atoms with E-state index in [1.807, 2.05) is 31.2 Å². The number of H-pyrrole nitrogens is 1. The molecule has 6 nitrogen and oxygen atoms in total. The number of benzene rings is 2. The summed E-state index contributed by atoms with van der Waals surface area (Å²) in [5.41, 5.74) is 2.65. The molecule has 0 atom stereocenters. The van der Waals surface area contributed by atoms with Crippen molar-refractivity contribution in [1.82, 2.24) is 10.2 Å². The van der Waals surface area contributed by atoms with E-state index in [1.54, 1.807) is 25.3 Å². The van der Waals surface area contributed by atoms with Gasteiger partial charge in [0, 0.05) is 11.6 Å². The van der Waals surface area contributed by atoms with Crippen molar-refractivity contribution in [1.29, 1.82) is 0 Å². The van der Waals surface area contributed by atoms with Crippen LogP contribution in [0.15, 0.2) is 48.5 Å². The molecule has 0 saturated heterocycles. The van der Waals surface area contributed by atoms with Crippen molar-refractivity contribution < 1.29 is 14.6 Å². The summed E-state index contributed by atoms with van der Waals surface area (Å²) in [5.74, 6) is 0.574. The molecule has 0 aliphatic rings. The van der Waals surface area contributed by atoms with E-state index in [1.165, 1.54) is 6.07 Å². The number of nitrogens with one attached hydrogen (secondary N) is 2. The lowest BCUT2D eigenvalue weighted by Gasteiger charge is -2.06. The van der Waals surface area contributed by atoms with Gasteiger partial charge in [0.2, 0.25) is 0 Å². The van der Waals surface area contributed by atoms with Crippen molar-refractivity contribution in [2.24, 2.45) is 0 Å². The maximum Gasteiger partial charge on any atom is 0.260 e. The monoisotopic (exact) mass is 323 g/mol. The van der Waals surface area contributed by atoms with Crippen molar-refractivity contribution in [2.75, 3.05) is 12.4 Å². The number of aromatic nitrogens is 2. The Balaban J connectivity index is 1.84. The first-order valence-corrected chi connectivity index (χ1v) is 7.38. The maximum atomic E-state index is 12.3. The van der Waals surface area contributed by atoms with E-state index in [0.29, 0.717) is 11.6 Å². The second kappa shape index (κ2) is 6.45. The van der Waals surface area contributed by atoms with Gasteiger partial charge in [0.25, 0.3) is 5.91 Å². The van der Waals surface area contributed by atoms with Crippen LogP contribution < -0.4 is 10.1 Å². The van der Waals surface area contributed by atoms with E-state index < -0.39 is 5.91 Å². The lowest BCUT2D eigenvalue weighted by Crippen LogP contribution is -2.12. The molecule has 3 aromatic rings. The molecule has 3 rings (SSSR count). The number of anilines is 1. The molecule has 1 heterocycles. The van der Waals surface area contributed by atoms with Crippen LogP contribution in [0.25, 0.3) is 11.3 Å². The summed E-state index contributed by atoms with van der Waals surface area (Å²) in [7, 11) is 1.60. The third-order valence-electron chi connectivity index (χ3n) is 3.61. The zero-order valence-electron chi connectivity index (χ0n) is 13.3. The van der Waals surface area contributed by atoms with E-state index in [-0.39, 0.29) is 11.3 Å². The van der Waals surface area contributed by atoms with Crippen molar-refractivity contribution >= 4 is 11.7 Å². The fourth-order valence-electron chi connectivity index (χ4n) is 2.41. The van der Waals surface area contributed by atoms with Gasteiger partial charge in [0.15, 0.2) is 5.82 Å². The summed E-state index contributed by atoms with van der Waals surface area (Å²) in [6.45, 7) is 1.85. The predicted molar refractivity (Wildman–Crippen MR) is 91.4 cm³/mol. The molecular formula is C18H17N3O3. The Kier molecular flexibility index (Phi) is 4.20. The minimum atomic E-state index is -0.422. The van der Waals surface area contributed by atoms with Gasteiger partial charge in [-0.05, 0) is 31.2 Å². The molecule has 1 amide bonds. The number of nitrogens with zero attached hydrogens (tertiary/aromatic N) is 1. The van der Waals surface area contributed by atoms with Crippen LogP contribution in [-0.2, 0) is 0 Å². The molecule has 0 fully saturated rings. The molecule has 0 aliphatic carbocycles. The number of hydrogen-bond donors (Lipinski definition) is 3. The topological polar surface area (TPSA) is 87.2 Å². The molecule has 122 valence electrons. The van der Waals surface area contributed by atoms with E-state index in [9.17, 15) is 9.90 Å². The standard InChI is InChI=1S/C18H17N3O3/c1-11-7-8-15(22)13(9-11)18(23)19-17-10-14(20-21-17)12-5-3-4-6-16(12)24-2/h3-10,22H,1-2H3,(H2,19,20,21,23). The largest absolute Gasteiger partial charge is 0.507 e. The average molecular weight is 323 g/mol. The molecule has 1 aromatic heterocycles. The number of phenolic OH excluding ortho intramolecular Hbond substituents is 1. The van der Waals surface area contributed by atoms with Gasteiger partial charge in [-0.15, -0.1) is 0 Å². The predicted octanol–water partition coefficient (Wildman–Crippen LogP) is 3.35. The van der Waals surface area contributed by atoms with Crippen LogP contribution in [0.4, 0.5) is 5.82 Å². The quantitative estimate of drug-likeness (QED) is 0.687. The molecule has 0 saturated carbocycles. The molecule has 6 heteroatoms. The number of carbonyl (C=O) groups is 1. The van der Waals surface area contributed by atoms with E-state index in [0.717, 1.165) is 16.8 Å². The highest BCUT2D eigenvalue weighted by molar-refractivity contribution is 6.06. The molecular weight excluding hydrogens is 306 g/mol. The van der Waals surface area contributed by atoms with Gasteiger partial charge < -0.3 is 15.2 Å². The molecule has 0 aliphatic heterocycles. The first-order valence-electron chi connectivity index (χ1n) is 7.38. The molecule has 0 radical (unpaired) electrons. The van der Waals surface area contributed by atoms with Crippen molar-refractivity contribution in [3.05, 3.63) is 59.7 Å². The fraction of sp³-hybridized carbons (Fsp3) is 0.111. The van der Waals surface area contributed by atoms with Gasteiger partial charge in [-0.3, -0.25) is 9.89 Å². The number of aromatic hydroxyl groups is 1. The van der Waals surface area contributed by atoms with Gasteiger partial charge in [-0.2, -0.15) is 5.10 Å². The highest BCUT2D eigenvalue weighted by atomic mass is 16.5. The first kappa shape index (κ1) is 15.6. The molecule has 0 spiro atoms. The minimum absolute atomic E-state index is 0.0708. The number of ether oxygens (including phenoxy) is 1. The number of phenols is 1. The summed E-state index contributed by atoms with van der Waals surface area (Å²) in [5, 5.41) is 19.5. The van der Waals surface area contributed by atoms with Crippen LogP contribution in [0.1, 0.15) is 15.9 Å². The Morgan fingerprint density at radius 2 is 2.00 bits per heavy atom. The summed E-state index contributed by atoms with van der Waals surface area (Å²) >= 11 is 0. The zero-order chi connectivity index (χ0) is 17.1. The summed E-state index contributed by atoms with van der Waals surface area (Å²) in [4.78, 5) is 12.3. The van der Waals surface area contributed by atoms with Crippen LogP contribution in [0.3, 0.4) is 0 Å². The van der Waals surface area contributed by atoms with E-state index >= 15 is 0 Å². The highest BCUT2D eigenvalue weighted by Gasteiger charge is 2.14. The van der Waals surface area contributed by atoms with Crippen LogP contribution >= 0.6 is 0 Å². The van der Waals surface area contributed by atoms with Crippen LogP contribution in [-0.4, -0.2) is 28.3 Å². The zero-order valence-corrected chi connectivity index (χ0v) is 13.3. The van der Waals surface area contributed by atoms with Gasteiger partial charge >= 0.3 is 0 Å². The van der Waals surface area contributed by atoms with Crippen LogP contribution in [0.5, 0.6) is 11.5 Å². The number of methoxy groups -OCH3 is 1. The van der Waals surface area contributed by atoms with E-state index in [4.69, 9.17) is 4.74 Å². The second-order valence-corrected chi connectivity index (χ2v) is 5.34. The molecule has 24 heavy (non-hydrogen) atoms. The third kappa shape index (κ3) is 3.08. The number of rotatable bonds is 4. The average Bonchev–Trinajstić information content (AvgIpc) is 3.05. The number of aromatic amines is 1. The molecule has 2 aromatic carbocycles. The Morgan fingerprint density at radius 1 is 1.21 bits per heavy atom. The highest BCUT2D eigenvalue weighted by Crippen LogP contribution is 2.29. The number of para-hydroxylation sites is 1. The summed E-state index contributed by atoms with van der Waals surface area (Å²) in [6, 6.07) is 14.1. The number of hydrogen-bond acceptors (Lipinski definition) is 4. The van der Waals surface area contributed by atoms with E-state index in [2.05, 4.69) is 15.5 Å². The van der Waals surface area contributed by atoms with Gasteiger partial charge in [0.05, 0.1) is 18.4 Å². The summed E-state index contributed by atoms with van der Waals surface area (Å²) < 4.78 is 5.32. The lowest BCUT2D eigenvalue weighted by molar-refractivity contribution is 0.102. The van der Waals surface area contributed by atoms with Crippen molar-refractivity contribution in [3.8, 4) is 22.8 Å². The summed E-state index contributed by atoms with van der Waals surface area (Å²) in [6.07, 6.45) is 0. The fourth-order valence-corrected chi connectivity index (χ4v) is 2.41. The maximum absolute atomic E-state index is 12.3. The Morgan fingerprint density at radius 3 is 2.79 bits per heavy atom. The Bertz CT molecular complexity index is 887. The number of carbonyl (C=O) groups excluding carboxylic acids is 1. The molecule has 3 N–H and O–H groups in total. The number of amides is 1. The normalized spacial score (nSPS) is 10.4. The van der Waals surface area contributed by atoms with Gasteiger partial charge in [-0.1, -0.05) is 23.8 Å². The lowest BCUT2D eigenvalue weighted by atomic mass is 10.1. The smallest absolute Gasteiger partial charge is 0.260 e. The molecule has 0 unspecified atom stereocenters. The number of aryl methyl sites for hydroxylation is 1. The Hall–Kier alpha value is -3.28.